The standard InChI is InChI=1S/2C27H25.C2H7Si.2ClH.Zr/c2*1-2-5-22-16-24(9-8-21(22)4-1)25-7-3-6-23-14-20(15-26(23)25)18-27-12-10-19(17-27)11-13-27;1-3-2;;;/h2*1-9,14-16,19H,10-13,17-18H2;3H,1-2H3;2*1H;/q;;;;;+2/p-2. The van der Waals surface area contributed by atoms with E-state index in [1.165, 1.54) is 130 Å². The van der Waals surface area contributed by atoms with Gasteiger partial charge in [-0.25, -0.2) is 0 Å². The Hall–Kier alpha value is -3.00. The Balaban J connectivity index is 1.07. The summed E-state index contributed by atoms with van der Waals surface area (Å²) in [6.07, 6.45) is 21.5. The van der Waals surface area contributed by atoms with Gasteiger partial charge in [0.05, 0.1) is 0 Å². The SMILES string of the molecule is C[SiH](C)[Zr]([Cl])([Cl])([CH]1C(CC23CCC(CC2)C3)=Cc2c(-c3ccc4ccccc4c3)cccc21)[CH]1C(CC23CCC(CC2)C3)=Cc2c(-c3ccc4ccccc4c3)cccc21. The van der Waals surface area contributed by atoms with Gasteiger partial charge < -0.3 is 0 Å². The zero-order valence-corrected chi connectivity index (χ0v) is 40.5. The van der Waals surface area contributed by atoms with Crippen molar-refractivity contribution in [1.82, 2.24) is 0 Å². The van der Waals surface area contributed by atoms with Crippen LogP contribution in [0, 0.1) is 22.7 Å². The molecule has 6 aliphatic rings. The van der Waals surface area contributed by atoms with E-state index < -0.39 is 21.5 Å². The Morgan fingerprint density at radius 1 is 0.517 bits per heavy atom. The maximum absolute atomic E-state index is 9.26. The van der Waals surface area contributed by atoms with Gasteiger partial charge >= 0.3 is 369 Å². The zero-order chi connectivity index (χ0) is 40.5. The molecule has 4 heteroatoms. The molecular formula is C56H57Cl2SiZr. The summed E-state index contributed by atoms with van der Waals surface area (Å²) < 4.78 is 0.235. The van der Waals surface area contributed by atoms with Gasteiger partial charge in [0.1, 0.15) is 0 Å². The van der Waals surface area contributed by atoms with Crippen LogP contribution in [0.1, 0.15) is 107 Å². The number of hydrogen-bond acceptors (Lipinski definition) is 0. The minimum absolute atomic E-state index is 0.118. The molecule has 0 N–H and O–H groups in total. The third-order valence-electron chi connectivity index (χ3n) is 17.6. The molecule has 2 unspecified atom stereocenters. The molecule has 0 heterocycles. The molecule has 4 bridgehead atoms. The quantitative estimate of drug-likeness (QED) is 0.127. The van der Waals surface area contributed by atoms with Gasteiger partial charge in [-0.1, -0.05) is 0 Å². The van der Waals surface area contributed by atoms with Gasteiger partial charge in [-0.3, -0.25) is 0 Å². The molecule has 0 amide bonds. The molecular weight excluding hydrogens is 863 g/mol. The van der Waals surface area contributed by atoms with Crippen LogP contribution in [0.25, 0.3) is 56.0 Å². The van der Waals surface area contributed by atoms with Crippen LogP contribution in [0.2, 0.25) is 13.1 Å². The first kappa shape index (κ1) is 38.7. The van der Waals surface area contributed by atoms with Crippen molar-refractivity contribution < 1.29 is 15.6 Å². The van der Waals surface area contributed by atoms with Gasteiger partial charge in [0, 0.05) is 0 Å². The van der Waals surface area contributed by atoms with Crippen molar-refractivity contribution in [2.75, 3.05) is 0 Å². The van der Waals surface area contributed by atoms with Gasteiger partial charge in [-0.15, -0.1) is 0 Å². The fraction of sp³-hybridized carbons (Fsp3) is 0.357. The second-order valence-electron chi connectivity index (χ2n) is 21.1. The summed E-state index contributed by atoms with van der Waals surface area (Å²) >= 11 is -5.09. The predicted octanol–water partition coefficient (Wildman–Crippen LogP) is 16.8. The first-order valence-corrected chi connectivity index (χ1v) is 39.6. The number of allylic oxidation sites excluding steroid dienone is 2. The van der Waals surface area contributed by atoms with Crippen LogP contribution in [-0.2, 0) is 15.6 Å². The molecule has 0 nitrogen and oxygen atoms in total. The number of halogens is 2. The molecule has 0 spiro atoms. The third-order valence-corrected chi connectivity index (χ3v) is 69.4. The summed E-state index contributed by atoms with van der Waals surface area (Å²) in [5, 5.41) is 5.17. The van der Waals surface area contributed by atoms with Crippen LogP contribution in [0.3, 0.4) is 0 Å². The van der Waals surface area contributed by atoms with Crippen molar-refractivity contribution in [3.05, 3.63) is 155 Å². The van der Waals surface area contributed by atoms with Crippen molar-refractivity contribution in [3.8, 4) is 22.3 Å². The molecule has 303 valence electrons. The molecule has 12 rings (SSSR count). The van der Waals surface area contributed by atoms with Crippen LogP contribution >= 0.6 is 17.0 Å². The van der Waals surface area contributed by atoms with Gasteiger partial charge in [-0.05, 0) is 0 Å². The Bertz CT molecular complexity index is 2610. The molecule has 2 atom stereocenters. The molecule has 0 radical (unpaired) electrons. The van der Waals surface area contributed by atoms with E-state index in [4.69, 9.17) is 0 Å². The monoisotopic (exact) mass is 917 g/mol. The molecule has 60 heavy (non-hydrogen) atoms. The average molecular weight is 920 g/mol. The summed E-state index contributed by atoms with van der Waals surface area (Å²) in [6.45, 7) is 5.13. The van der Waals surface area contributed by atoms with E-state index >= 15 is 0 Å². The van der Waals surface area contributed by atoms with Crippen molar-refractivity contribution in [2.24, 2.45) is 22.7 Å². The summed E-state index contributed by atoms with van der Waals surface area (Å²) in [5.74, 6) is 0.0657. The number of rotatable bonds is 9. The van der Waals surface area contributed by atoms with Crippen molar-refractivity contribution >= 4 is 56.6 Å². The van der Waals surface area contributed by atoms with E-state index in [2.05, 4.69) is 147 Å². The van der Waals surface area contributed by atoms with Gasteiger partial charge in [0.15, 0.2) is 0 Å². The molecule has 4 fully saturated rings. The van der Waals surface area contributed by atoms with Gasteiger partial charge in [0.25, 0.3) is 0 Å². The molecule has 6 aromatic carbocycles. The van der Waals surface area contributed by atoms with E-state index in [0.717, 1.165) is 24.7 Å². The Labute approximate surface area is 366 Å². The summed E-state index contributed by atoms with van der Waals surface area (Å²) in [5.41, 5.74) is 14.9. The summed E-state index contributed by atoms with van der Waals surface area (Å²) in [7, 11) is 18.5. The first-order chi connectivity index (χ1) is 29.1. The molecule has 0 aromatic heterocycles. The van der Waals surface area contributed by atoms with Crippen LogP contribution in [0.5, 0.6) is 0 Å². The summed E-state index contributed by atoms with van der Waals surface area (Å²) in [6, 6.07) is 46.1. The predicted molar refractivity (Wildman–Crippen MR) is 258 cm³/mol. The van der Waals surface area contributed by atoms with Crippen LogP contribution in [0.4, 0.5) is 0 Å². The average Bonchev–Trinajstić information content (AvgIpc) is 4.14. The Kier molecular flexibility index (Phi) is 9.02. The van der Waals surface area contributed by atoms with E-state index in [1.54, 1.807) is 11.1 Å². The number of hydrogen-bond donors (Lipinski definition) is 0. The van der Waals surface area contributed by atoms with E-state index in [0.29, 0.717) is 10.8 Å². The Morgan fingerprint density at radius 2 is 0.933 bits per heavy atom. The molecule has 6 aliphatic carbocycles. The van der Waals surface area contributed by atoms with Gasteiger partial charge in [-0.2, -0.15) is 0 Å². The van der Waals surface area contributed by atoms with Crippen LogP contribution in [-0.4, -0.2) is 5.92 Å². The fourth-order valence-corrected chi connectivity index (χ4v) is 45.9. The number of fused-ring (bicyclic) bond motifs is 8. The van der Waals surface area contributed by atoms with Crippen molar-refractivity contribution in [3.63, 3.8) is 0 Å². The van der Waals surface area contributed by atoms with Gasteiger partial charge in [0.2, 0.25) is 0 Å². The molecule has 4 saturated carbocycles. The van der Waals surface area contributed by atoms with E-state index in [9.17, 15) is 17.0 Å². The van der Waals surface area contributed by atoms with E-state index in [-0.39, 0.29) is 7.25 Å². The second-order valence-corrected chi connectivity index (χ2v) is 63.6. The minimum atomic E-state index is -5.09. The molecule has 0 aliphatic heterocycles. The fourth-order valence-electron chi connectivity index (χ4n) is 14.6. The van der Waals surface area contributed by atoms with Crippen molar-refractivity contribution in [2.45, 2.75) is 97.4 Å². The first-order valence-electron chi connectivity index (χ1n) is 23.3. The topological polar surface area (TPSA) is 0 Å². The van der Waals surface area contributed by atoms with Crippen molar-refractivity contribution in [1.29, 1.82) is 0 Å². The Morgan fingerprint density at radius 3 is 1.32 bits per heavy atom. The molecule has 6 aromatic rings. The second kappa shape index (κ2) is 14.0. The summed E-state index contributed by atoms with van der Waals surface area (Å²) in [4.78, 5) is 0. The normalized spacial score (nSPS) is 28.3. The van der Waals surface area contributed by atoms with E-state index in [1.807, 2.05) is 0 Å². The third kappa shape index (κ3) is 5.89. The molecule has 0 saturated heterocycles. The zero-order valence-electron chi connectivity index (χ0n) is 35.3. The van der Waals surface area contributed by atoms with Crippen LogP contribution in [0.15, 0.2) is 132 Å². The maximum atomic E-state index is 9.26. The van der Waals surface area contributed by atoms with Crippen LogP contribution < -0.4 is 0 Å². The number of benzene rings is 6.